The maximum absolute atomic E-state index is 3.51. The summed E-state index contributed by atoms with van der Waals surface area (Å²) in [6.45, 7) is 12.8. The Morgan fingerprint density at radius 3 is 2.41 bits per heavy atom. The van der Waals surface area contributed by atoms with Crippen LogP contribution in [-0.2, 0) is 0 Å². The fourth-order valence-corrected chi connectivity index (χ4v) is 2.91. The quantitative estimate of drug-likeness (QED) is 0.622. The summed E-state index contributed by atoms with van der Waals surface area (Å²) in [5, 5.41) is 3.51. The van der Waals surface area contributed by atoms with E-state index in [0.29, 0.717) is 6.04 Å². The van der Waals surface area contributed by atoms with Crippen LogP contribution < -0.4 is 5.32 Å². The zero-order chi connectivity index (χ0) is 12.7. The number of unbranched alkanes of at least 4 members (excludes halogenated alkanes) is 2. The van der Waals surface area contributed by atoms with E-state index in [2.05, 4.69) is 37.9 Å². The lowest BCUT2D eigenvalue weighted by atomic mass is 9.77. The van der Waals surface area contributed by atoms with Crippen molar-refractivity contribution in [1.82, 2.24) is 10.2 Å². The summed E-state index contributed by atoms with van der Waals surface area (Å²) in [6, 6.07) is 1.56. The standard InChI is InChI=1S/C15H32N2/c1-5-7-8-11-17(13(3)4)15-10-9-14(15)12-16-6-2/h13-16H,5-12H2,1-4H3. The highest BCUT2D eigenvalue weighted by molar-refractivity contribution is 4.91. The molecule has 2 nitrogen and oxygen atoms in total. The number of hydrogen-bond acceptors (Lipinski definition) is 2. The van der Waals surface area contributed by atoms with Crippen LogP contribution in [0.25, 0.3) is 0 Å². The van der Waals surface area contributed by atoms with Gasteiger partial charge >= 0.3 is 0 Å². The molecule has 2 heteroatoms. The Morgan fingerprint density at radius 1 is 1.18 bits per heavy atom. The minimum atomic E-state index is 0.710. The van der Waals surface area contributed by atoms with Gasteiger partial charge in [0.05, 0.1) is 0 Å². The first-order chi connectivity index (χ1) is 8.20. The number of nitrogens with zero attached hydrogens (tertiary/aromatic N) is 1. The van der Waals surface area contributed by atoms with Gasteiger partial charge in [0.15, 0.2) is 0 Å². The van der Waals surface area contributed by atoms with E-state index in [0.717, 1.165) is 18.5 Å². The Labute approximate surface area is 108 Å². The predicted molar refractivity (Wildman–Crippen MR) is 76.4 cm³/mol. The summed E-state index contributed by atoms with van der Waals surface area (Å²) in [7, 11) is 0. The first-order valence-electron chi connectivity index (χ1n) is 7.67. The van der Waals surface area contributed by atoms with E-state index in [-0.39, 0.29) is 0 Å². The van der Waals surface area contributed by atoms with Crippen LogP contribution in [0.15, 0.2) is 0 Å². The van der Waals surface area contributed by atoms with Crippen LogP contribution in [0.2, 0.25) is 0 Å². The second-order valence-electron chi connectivity index (χ2n) is 5.75. The second-order valence-corrected chi connectivity index (χ2v) is 5.75. The molecule has 17 heavy (non-hydrogen) atoms. The molecule has 0 spiro atoms. The van der Waals surface area contributed by atoms with Crippen LogP contribution in [-0.4, -0.2) is 36.6 Å². The van der Waals surface area contributed by atoms with Gasteiger partial charge in [-0.3, -0.25) is 4.90 Å². The highest BCUT2D eigenvalue weighted by Crippen LogP contribution is 2.33. The average molecular weight is 240 g/mol. The Morgan fingerprint density at radius 2 is 1.94 bits per heavy atom. The van der Waals surface area contributed by atoms with E-state index in [9.17, 15) is 0 Å². The molecule has 0 aliphatic heterocycles. The van der Waals surface area contributed by atoms with Gasteiger partial charge in [0, 0.05) is 12.1 Å². The highest BCUT2D eigenvalue weighted by Gasteiger charge is 2.35. The van der Waals surface area contributed by atoms with Crippen LogP contribution in [0.5, 0.6) is 0 Å². The van der Waals surface area contributed by atoms with Crippen molar-refractivity contribution >= 4 is 0 Å². The molecule has 1 N–H and O–H groups in total. The molecule has 0 aromatic rings. The minimum Gasteiger partial charge on any atom is -0.317 e. The SMILES string of the molecule is CCCCCN(C(C)C)C1CCC1CNCC. The molecule has 1 rings (SSSR count). The van der Waals surface area contributed by atoms with Gasteiger partial charge in [-0.1, -0.05) is 26.7 Å². The van der Waals surface area contributed by atoms with Gasteiger partial charge in [0.25, 0.3) is 0 Å². The van der Waals surface area contributed by atoms with Gasteiger partial charge in [-0.05, 0) is 58.7 Å². The van der Waals surface area contributed by atoms with E-state index in [1.807, 2.05) is 0 Å². The topological polar surface area (TPSA) is 15.3 Å². The molecule has 2 atom stereocenters. The first-order valence-corrected chi connectivity index (χ1v) is 7.67. The number of rotatable bonds is 9. The molecule has 1 fully saturated rings. The van der Waals surface area contributed by atoms with Crippen molar-refractivity contribution in [2.24, 2.45) is 5.92 Å². The highest BCUT2D eigenvalue weighted by atomic mass is 15.2. The normalized spacial score (nSPS) is 24.4. The molecule has 0 saturated heterocycles. The first kappa shape index (κ1) is 15.0. The molecule has 0 aromatic carbocycles. The summed E-state index contributed by atoms with van der Waals surface area (Å²) in [4.78, 5) is 2.75. The Kier molecular flexibility index (Phi) is 7.14. The van der Waals surface area contributed by atoms with Crippen molar-refractivity contribution in [1.29, 1.82) is 0 Å². The summed E-state index contributed by atoms with van der Waals surface area (Å²) >= 11 is 0. The van der Waals surface area contributed by atoms with E-state index < -0.39 is 0 Å². The van der Waals surface area contributed by atoms with E-state index in [1.165, 1.54) is 45.2 Å². The molecule has 0 bridgehead atoms. The Bertz CT molecular complexity index is 191. The zero-order valence-corrected chi connectivity index (χ0v) is 12.3. The molecule has 102 valence electrons. The van der Waals surface area contributed by atoms with Crippen LogP contribution in [0.1, 0.15) is 59.8 Å². The summed E-state index contributed by atoms with van der Waals surface area (Å²) in [6.07, 6.45) is 6.93. The largest absolute Gasteiger partial charge is 0.317 e. The maximum atomic E-state index is 3.51. The Balaban J connectivity index is 2.35. The summed E-state index contributed by atoms with van der Waals surface area (Å²) < 4.78 is 0. The molecule has 1 aliphatic carbocycles. The van der Waals surface area contributed by atoms with Gasteiger partial charge in [-0.25, -0.2) is 0 Å². The van der Waals surface area contributed by atoms with Gasteiger partial charge in [0.2, 0.25) is 0 Å². The fraction of sp³-hybridized carbons (Fsp3) is 1.00. The van der Waals surface area contributed by atoms with Gasteiger partial charge < -0.3 is 5.32 Å². The molecule has 0 heterocycles. The lowest BCUT2D eigenvalue weighted by Crippen LogP contribution is -2.53. The molecule has 1 saturated carbocycles. The van der Waals surface area contributed by atoms with E-state index in [1.54, 1.807) is 0 Å². The van der Waals surface area contributed by atoms with Crippen molar-refractivity contribution in [2.75, 3.05) is 19.6 Å². The van der Waals surface area contributed by atoms with E-state index in [4.69, 9.17) is 0 Å². The third-order valence-electron chi connectivity index (χ3n) is 4.14. The van der Waals surface area contributed by atoms with Crippen molar-refractivity contribution in [3.05, 3.63) is 0 Å². The minimum absolute atomic E-state index is 0.710. The molecule has 1 aliphatic rings. The molecular formula is C15H32N2. The predicted octanol–water partition coefficient (Wildman–Crippen LogP) is 3.28. The van der Waals surface area contributed by atoms with Gasteiger partial charge in [0.1, 0.15) is 0 Å². The molecule has 0 radical (unpaired) electrons. The number of nitrogens with one attached hydrogen (secondary N) is 1. The Hall–Kier alpha value is -0.0800. The zero-order valence-electron chi connectivity index (χ0n) is 12.3. The number of hydrogen-bond donors (Lipinski definition) is 1. The van der Waals surface area contributed by atoms with Crippen LogP contribution in [0.4, 0.5) is 0 Å². The van der Waals surface area contributed by atoms with E-state index >= 15 is 0 Å². The second kappa shape index (κ2) is 8.10. The monoisotopic (exact) mass is 240 g/mol. The third-order valence-corrected chi connectivity index (χ3v) is 4.14. The van der Waals surface area contributed by atoms with Gasteiger partial charge in [-0.15, -0.1) is 0 Å². The maximum Gasteiger partial charge on any atom is 0.0138 e. The lowest BCUT2D eigenvalue weighted by molar-refractivity contribution is 0.0367. The fourth-order valence-electron chi connectivity index (χ4n) is 2.91. The van der Waals surface area contributed by atoms with Crippen molar-refractivity contribution in [3.63, 3.8) is 0 Å². The molecular weight excluding hydrogens is 208 g/mol. The average Bonchev–Trinajstić information content (AvgIpc) is 2.26. The van der Waals surface area contributed by atoms with Crippen molar-refractivity contribution < 1.29 is 0 Å². The summed E-state index contributed by atoms with van der Waals surface area (Å²) in [5.41, 5.74) is 0. The van der Waals surface area contributed by atoms with Crippen LogP contribution in [0.3, 0.4) is 0 Å². The molecule has 0 amide bonds. The van der Waals surface area contributed by atoms with Crippen molar-refractivity contribution in [2.45, 2.75) is 71.9 Å². The summed E-state index contributed by atoms with van der Waals surface area (Å²) in [5.74, 6) is 0.902. The van der Waals surface area contributed by atoms with Crippen LogP contribution in [0, 0.1) is 5.92 Å². The van der Waals surface area contributed by atoms with Crippen molar-refractivity contribution in [3.8, 4) is 0 Å². The molecule has 0 aromatic heterocycles. The van der Waals surface area contributed by atoms with Gasteiger partial charge in [-0.2, -0.15) is 0 Å². The van der Waals surface area contributed by atoms with Crippen LogP contribution >= 0.6 is 0 Å². The molecule has 2 unspecified atom stereocenters. The third kappa shape index (κ3) is 4.59. The smallest absolute Gasteiger partial charge is 0.0138 e. The lowest BCUT2D eigenvalue weighted by Gasteiger charge is -2.46.